The van der Waals surface area contributed by atoms with Gasteiger partial charge in [0.15, 0.2) is 11.5 Å². The Balaban J connectivity index is 1.84. The number of hydrogen-bond acceptors (Lipinski definition) is 6. The summed E-state index contributed by atoms with van der Waals surface area (Å²) in [5.74, 6) is -0.380. The maximum absolute atomic E-state index is 13.1. The highest BCUT2D eigenvalue weighted by atomic mass is 127. The maximum atomic E-state index is 13.1. The Morgan fingerprint density at radius 1 is 1.26 bits per heavy atom. The summed E-state index contributed by atoms with van der Waals surface area (Å²) in [4.78, 5) is 23.2. The molecule has 0 aliphatic carbocycles. The number of nitrogens with zero attached hydrogens (tertiary/aromatic N) is 2. The van der Waals surface area contributed by atoms with Crippen molar-refractivity contribution in [1.82, 2.24) is 0 Å². The van der Waals surface area contributed by atoms with Crippen LogP contribution in [0, 0.1) is 30.8 Å². The van der Waals surface area contributed by atoms with Crippen molar-refractivity contribution < 1.29 is 23.6 Å². The largest absolute Gasteiger partial charge is 0.493 e. The van der Waals surface area contributed by atoms with Crippen molar-refractivity contribution in [2.75, 3.05) is 12.4 Å². The topological polar surface area (TPSA) is 114 Å². The van der Waals surface area contributed by atoms with Crippen molar-refractivity contribution in [3.63, 3.8) is 0 Å². The van der Waals surface area contributed by atoms with Crippen LogP contribution < -0.4 is 14.8 Å². The van der Waals surface area contributed by atoms with Gasteiger partial charge in [0, 0.05) is 11.1 Å². The monoisotopic (exact) mass is 607 g/mol. The summed E-state index contributed by atoms with van der Waals surface area (Å²) < 4.78 is 25.0. The molecule has 1 N–H and O–H groups in total. The molecule has 3 aromatic carbocycles. The van der Waals surface area contributed by atoms with Gasteiger partial charge < -0.3 is 14.8 Å². The molecule has 0 heterocycles. The molecule has 178 valence electrons. The smallest absolute Gasteiger partial charge is 0.294 e. The second-order valence-electron chi connectivity index (χ2n) is 6.99. The minimum atomic E-state index is -0.830. The van der Waals surface area contributed by atoms with Gasteiger partial charge in [0.2, 0.25) is 0 Å². The second kappa shape index (κ2) is 11.6. The first-order valence-electron chi connectivity index (χ1n) is 9.83. The fraction of sp³-hybridized carbons (Fsp3) is 0.0833. The average molecular weight is 608 g/mol. The second-order valence-corrected chi connectivity index (χ2v) is 8.59. The zero-order valence-corrected chi connectivity index (χ0v) is 21.0. The van der Waals surface area contributed by atoms with E-state index in [1.54, 1.807) is 30.3 Å². The highest BCUT2D eigenvalue weighted by Gasteiger charge is 2.19. The van der Waals surface area contributed by atoms with Gasteiger partial charge >= 0.3 is 0 Å². The number of benzene rings is 3. The fourth-order valence-corrected chi connectivity index (χ4v) is 3.91. The number of nitriles is 1. The van der Waals surface area contributed by atoms with Crippen LogP contribution in [0.2, 0.25) is 5.02 Å². The predicted octanol–water partition coefficient (Wildman–Crippen LogP) is 6.13. The van der Waals surface area contributed by atoms with Crippen LogP contribution in [0.1, 0.15) is 11.1 Å². The average Bonchev–Trinajstić information content (AvgIpc) is 2.83. The number of nitrogens with one attached hydrogen (secondary N) is 1. The van der Waals surface area contributed by atoms with E-state index in [0.29, 0.717) is 20.6 Å². The highest BCUT2D eigenvalue weighted by Crippen LogP contribution is 2.35. The molecule has 0 aromatic heterocycles. The Morgan fingerprint density at radius 3 is 2.60 bits per heavy atom. The number of halogens is 3. The first-order chi connectivity index (χ1) is 16.7. The molecule has 3 aromatic rings. The van der Waals surface area contributed by atoms with Crippen LogP contribution in [0.5, 0.6) is 11.5 Å². The van der Waals surface area contributed by atoms with E-state index in [2.05, 4.69) is 5.32 Å². The Kier molecular flexibility index (Phi) is 8.62. The van der Waals surface area contributed by atoms with Gasteiger partial charge in [-0.2, -0.15) is 5.26 Å². The third kappa shape index (κ3) is 6.68. The number of rotatable bonds is 8. The van der Waals surface area contributed by atoms with Crippen LogP contribution in [-0.4, -0.2) is 17.9 Å². The lowest BCUT2D eigenvalue weighted by molar-refractivity contribution is -0.383. The van der Waals surface area contributed by atoms with Gasteiger partial charge in [0.25, 0.3) is 11.6 Å². The Labute approximate surface area is 218 Å². The maximum Gasteiger partial charge on any atom is 0.294 e. The van der Waals surface area contributed by atoms with Gasteiger partial charge in [-0.05, 0) is 76.2 Å². The standard InChI is InChI=1S/C24H16ClFIN3O5/c1-34-22-10-15(9-19(27)23(22)35-13-14-2-5-18(26)6-3-14)8-16(12-28)24(31)29-20-7-4-17(25)11-21(20)30(32)33/h2-11H,13H2,1H3,(H,29,31)/b16-8-. The summed E-state index contributed by atoms with van der Waals surface area (Å²) in [6.45, 7) is 0.174. The summed E-state index contributed by atoms with van der Waals surface area (Å²) in [6.07, 6.45) is 1.32. The molecule has 3 rings (SSSR count). The van der Waals surface area contributed by atoms with E-state index in [4.69, 9.17) is 21.1 Å². The molecule has 0 saturated heterocycles. The zero-order chi connectivity index (χ0) is 25.5. The van der Waals surface area contributed by atoms with Gasteiger partial charge in [-0.15, -0.1) is 0 Å². The first kappa shape index (κ1) is 25.9. The molecular formula is C24H16ClFIN3O5. The quantitative estimate of drug-likeness (QED) is 0.108. The van der Waals surface area contributed by atoms with Crippen LogP contribution in [0.25, 0.3) is 6.08 Å². The van der Waals surface area contributed by atoms with E-state index in [-0.39, 0.29) is 28.7 Å². The lowest BCUT2D eigenvalue weighted by Gasteiger charge is -2.14. The molecule has 0 spiro atoms. The molecule has 8 nitrogen and oxygen atoms in total. The van der Waals surface area contributed by atoms with Gasteiger partial charge in [0.05, 0.1) is 15.6 Å². The predicted molar refractivity (Wildman–Crippen MR) is 137 cm³/mol. The molecule has 0 saturated carbocycles. The number of nitro groups is 1. The van der Waals surface area contributed by atoms with Crippen molar-refractivity contribution in [2.45, 2.75) is 6.61 Å². The molecule has 0 aliphatic rings. The SMILES string of the molecule is COc1cc(/C=C(/C#N)C(=O)Nc2ccc(Cl)cc2[N+](=O)[O-])cc(I)c1OCc1ccc(F)cc1. The van der Waals surface area contributed by atoms with Crippen molar-refractivity contribution in [3.8, 4) is 17.6 Å². The highest BCUT2D eigenvalue weighted by molar-refractivity contribution is 14.1. The zero-order valence-electron chi connectivity index (χ0n) is 18.1. The minimum Gasteiger partial charge on any atom is -0.493 e. The molecule has 11 heteroatoms. The van der Waals surface area contributed by atoms with Crippen LogP contribution in [0.15, 0.2) is 60.2 Å². The molecular weight excluding hydrogens is 592 g/mol. The lowest BCUT2D eigenvalue weighted by Crippen LogP contribution is -2.14. The summed E-state index contributed by atoms with van der Waals surface area (Å²) in [5.41, 5.74) is 0.446. The number of methoxy groups -OCH3 is 1. The van der Waals surface area contributed by atoms with Crippen LogP contribution in [0.4, 0.5) is 15.8 Å². The molecule has 0 atom stereocenters. The van der Waals surface area contributed by atoms with Gasteiger partial charge in [-0.25, -0.2) is 4.39 Å². The number of hydrogen-bond donors (Lipinski definition) is 1. The van der Waals surface area contributed by atoms with E-state index in [1.165, 1.54) is 37.5 Å². The van der Waals surface area contributed by atoms with Crippen LogP contribution in [0.3, 0.4) is 0 Å². The van der Waals surface area contributed by atoms with E-state index in [0.717, 1.165) is 11.6 Å². The van der Waals surface area contributed by atoms with Crippen molar-refractivity contribution in [2.24, 2.45) is 0 Å². The number of nitro benzene ring substituents is 1. The summed E-state index contributed by atoms with van der Waals surface area (Å²) in [6, 6.07) is 14.7. The molecule has 0 aliphatic heterocycles. The summed E-state index contributed by atoms with van der Waals surface area (Å²) in [5, 5.41) is 23.3. The van der Waals surface area contributed by atoms with Crippen LogP contribution in [-0.2, 0) is 11.4 Å². The summed E-state index contributed by atoms with van der Waals surface area (Å²) >= 11 is 7.82. The lowest BCUT2D eigenvalue weighted by atomic mass is 10.1. The third-order valence-electron chi connectivity index (χ3n) is 4.63. The molecule has 35 heavy (non-hydrogen) atoms. The van der Waals surface area contributed by atoms with E-state index in [9.17, 15) is 24.6 Å². The van der Waals surface area contributed by atoms with Crippen molar-refractivity contribution in [1.29, 1.82) is 5.26 Å². The van der Waals surface area contributed by atoms with Gasteiger partial charge in [-0.3, -0.25) is 14.9 Å². The Bertz CT molecular complexity index is 1360. The fourth-order valence-electron chi connectivity index (χ4n) is 2.97. The molecule has 0 fully saturated rings. The molecule has 1 amide bonds. The Hall–Kier alpha value is -3.69. The summed E-state index contributed by atoms with van der Waals surface area (Å²) in [7, 11) is 1.45. The number of carbonyl (C=O) groups is 1. The van der Waals surface area contributed by atoms with Crippen molar-refractivity contribution >= 4 is 57.5 Å². The van der Waals surface area contributed by atoms with Crippen molar-refractivity contribution in [3.05, 3.63) is 95.8 Å². The number of carbonyl (C=O) groups excluding carboxylic acids is 1. The van der Waals surface area contributed by atoms with E-state index >= 15 is 0 Å². The normalized spacial score (nSPS) is 10.9. The molecule has 0 unspecified atom stereocenters. The molecule has 0 bridgehead atoms. The van der Waals surface area contributed by atoms with E-state index < -0.39 is 16.5 Å². The number of anilines is 1. The number of amides is 1. The van der Waals surface area contributed by atoms with Gasteiger partial charge in [0.1, 0.15) is 29.8 Å². The van der Waals surface area contributed by atoms with Gasteiger partial charge in [-0.1, -0.05) is 23.7 Å². The molecule has 0 radical (unpaired) electrons. The Morgan fingerprint density at radius 2 is 1.97 bits per heavy atom. The van der Waals surface area contributed by atoms with E-state index in [1.807, 2.05) is 22.6 Å². The van der Waals surface area contributed by atoms with Crippen LogP contribution >= 0.6 is 34.2 Å². The third-order valence-corrected chi connectivity index (χ3v) is 5.67. The first-order valence-corrected chi connectivity index (χ1v) is 11.3. The minimum absolute atomic E-state index is 0.0951. The number of ether oxygens (including phenoxy) is 2.